The van der Waals surface area contributed by atoms with Gasteiger partial charge in [0, 0.05) is 6.61 Å². The van der Waals surface area contributed by atoms with E-state index in [4.69, 9.17) is 9.47 Å². The summed E-state index contributed by atoms with van der Waals surface area (Å²) >= 11 is 0. The number of hydrogen-bond donors (Lipinski definition) is 3. The summed E-state index contributed by atoms with van der Waals surface area (Å²) in [6, 6.07) is 0. The third-order valence-electron chi connectivity index (χ3n) is 4.09. The molecular formula is C16H29O7-. The Morgan fingerprint density at radius 3 is 2.22 bits per heavy atom. The fourth-order valence-corrected chi connectivity index (χ4v) is 2.64. The van der Waals surface area contributed by atoms with Crippen LogP contribution in [-0.2, 0) is 14.3 Å². The molecule has 0 aromatic rings. The zero-order chi connectivity index (χ0) is 17.2. The number of ether oxygens (including phenoxy) is 2. The largest absolute Gasteiger partial charge is 0.547 e. The molecule has 0 radical (unpaired) electrons. The quantitative estimate of drug-likeness (QED) is 0.420. The Hall–Kier alpha value is -0.730. The van der Waals surface area contributed by atoms with Crippen molar-refractivity contribution in [1.82, 2.24) is 0 Å². The van der Waals surface area contributed by atoms with Gasteiger partial charge in [0.25, 0.3) is 0 Å². The maximum Gasteiger partial charge on any atom is 0.186 e. The Bertz CT molecular complexity index is 336. The number of aliphatic hydroxyl groups is 3. The van der Waals surface area contributed by atoms with E-state index in [0.717, 1.165) is 19.3 Å². The molecule has 0 bridgehead atoms. The van der Waals surface area contributed by atoms with E-state index in [1.54, 1.807) is 0 Å². The average Bonchev–Trinajstić information content (AvgIpc) is 2.80. The molecule has 1 heterocycles. The van der Waals surface area contributed by atoms with E-state index in [0.29, 0.717) is 6.61 Å². The van der Waals surface area contributed by atoms with Crippen LogP contribution in [0.1, 0.15) is 58.3 Å². The number of carbonyl (C=O) groups excluding carboxylic acids is 1. The molecule has 5 atom stereocenters. The molecule has 7 nitrogen and oxygen atoms in total. The monoisotopic (exact) mass is 333 g/mol. The first-order valence-electron chi connectivity index (χ1n) is 8.51. The molecule has 1 fully saturated rings. The van der Waals surface area contributed by atoms with Crippen molar-refractivity contribution in [3.63, 3.8) is 0 Å². The first-order chi connectivity index (χ1) is 11.0. The standard InChI is InChI=1S/C16H30O7/c1-2-3-4-5-6-7-8-9-10-22-16-12(18)11(17)14(23-16)13(19)15(20)21/h11-14,16-19H,2-10H2,1H3,(H,20,21)/p-1/t11?,12?,13?,14-,16+/m1/s1. The Labute approximate surface area is 137 Å². The van der Waals surface area contributed by atoms with Crippen LogP contribution in [0.4, 0.5) is 0 Å². The smallest absolute Gasteiger partial charge is 0.186 e. The van der Waals surface area contributed by atoms with E-state index in [1.165, 1.54) is 32.1 Å². The van der Waals surface area contributed by atoms with Crippen LogP contribution in [0.3, 0.4) is 0 Å². The summed E-state index contributed by atoms with van der Waals surface area (Å²) in [6.45, 7) is 2.53. The predicted octanol–water partition coefficient (Wildman–Crippen LogP) is -0.299. The average molecular weight is 333 g/mol. The van der Waals surface area contributed by atoms with Gasteiger partial charge in [-0.3, -0.25) is 0 Å². The van der Waals surface area contributed by atoms with Crippen molar-refractivity contribution in [3.8, 4) is 0 Å². The molecule has 23 heavy (non-hydrogen) atoms. The molecule has 0 aliphatic carbocycles. The van der Waals surface area contributed by atoms with Crippen molar-refractivity contribution >= 4 is 5.97 Å². The van der Waals surface area contributed by atoms with Crippen LogP contribution in [-0.4, -0.2) is 58.6 Å². The molecule has 3 unspecified atom stereocenters. The van der Waals surface area contributed by atoms with E-state index >= 15 is 0 Å². The van der Waals surface area contributed by atoms with Gasteiger partial charge in [-0.2, -0.15) is 0 Å². The van der Waals surface area contributed by atoms with Crippen LogP contribution in [0, 0.1) is 0 Å². The number of hydrogen-bond acceptors (Lipinski definition) is 7. The second kappa shape index (κ2) is 10.9. The van der Waals surface area contributed by atoms with Crippen molar-refractivity contribution in [3.05, 3.63) is 0 Å². The Morgan fingerprint density at radius 1 is 1.09 bits per heavy atom. The fraction of sp³-hybridized carbons (Fsp3) is 0.938. The summed E-state index contributed by atoms with van der Waals surface area (Å²) < 4.78 is 10.4. The Kier molecular flexibility index (Phi) is 9.66. The van der Waals surface area contributed by atoms with E-state index in [9.17, 15) is 25.2 Å². The summed E-state index contributed by atoms with van der Waals surface area (Å²) in [4.78, 5) is 10.6. The number of carboxylic acid groups (broad SMARTS) is 1. The van der Waals surface area contributed by atoms with Gasteiger partial charge in [-0.25, -0.2) is 0 Å². The Morgan fingerprint density at radius 2 is 1.65 bits per heavy atom. The summed E-state index contributed by atoms with van der Waals surface area (Å²) in [6.07, 6.45) is 1.66. The highest BCUT2D eigenvalue weighted by Crippen LogP contribution is 2.24. The molecular weight excluding hydrogens is 304 g/mol. The number of carboxylic acids is 1. The lowest BCUT2D eigenvalue weighted by Gasteiger charge is -2.21. The molecule has 1 aliphatic rings. The first kappa shape index (κ1) is 20.3. The number of aliphatic hydroxyl groups excluding tert-OH is 3. The zero-order valence-electron chi connectivity index (χ0n) is 13.7. The van der Waals surface area contributed by atoms with Crippen LogP contribution in [0.5, 0.6) is 0 Å². The van der Waals surface area contributed by atoms with Crippen molar-refractivity contribution in [2.45, 2.75) is 89.0 Å². The molecule has 136 valence electrons. The summed E-state index contributed by atoms with van der Waals surface area (Å²) in [7, 11) is 0. The highest BCUT2D eigenvalue weighted by molar-refractivity contribution is 5.70. The predicted molar refractivity (Wildman–Crippen MR) is 80.3 cm³/mol. The minimum absolute atomic E-state index is 0.345. The molecule has 0 aromatic heterocycles. The van der Waals surface area contributed by atoms with Crippen LogP contribution in [0.25, 0.3) is 0 Å². The van der Waals surface area contributed by atoms with Crippen LogP contribution >= 0.6 is 0 Å². The fourth-order valence-electron chi connectivity index (χ4n) is 2.64. The number of unbranched alkanes of at least 4 members (excludes halogenated alkanes) is 7. The van der Waals surface area contributed by atoms with E-state index in [-0.39, 0.29) is 0 Å². The minimum atomic E-state index is -2.00. The first-order valence-corrected chi connectivity index (χ1v) is 8.51. The third-order valence-corrected chi connectivity index (χ3v) is 4.09. The second-order valence-corrected chi connectivity index (χ2v) is 6.06. The van der Waals surface area contributed by atoms with Crippen molar-refractivity contribution in [2.75, 3.05) is 6.61 Å². The Balaban J connectivity index is 2.14. The maximum absolute atomic E-state index is 10.6. The molecule has 3 N–H and O–H groups in total. The molecule has 7 heteroatoms. The normalized spacial score (nSPS) is 28.9. The lowest BCUT2D eigenvalue weighted by molar-refractivity contribution is -0.320. The van der Waals surface area contributed by atoms with Gasteiger partial charge in [-0.1, -0.05) is 51.9 Å². The van der Waals surface area contributed by atoms with Gasteiger partial charge in [0.2, 0.25) is 0 Å². The minimum Gasteiger partial charge on any atom is -0.547 e. The van der Waals surface area contributed by atoms with Gasteiger partial charge in [0.15, 0.2) is 6.29 Å². The van der Waals surface area contributed by atoms with E-state index < -0.39 is 36.7 Å². The zero-order valence-corrected chi connectivity index (χ0v) is 13.7. The molecule has 0 amide bonds. The molecule has 0 spiro atoms. The van der Waals surface area contributed by atoms with Gasteiger partial charge >= 0.3 is 0 Å². The van der Waals surface area contributed by atoms with Gasteiger partial charge in [0.05, 0.1) is 5.97 Å². The lowest BCUT2D eigenvalue weighted by atomic mass is 10.1. The SMILES string of the molecule is CCCCCCCCCCO[C@H]1O[C@@H](C(O)C(=O)[O-])C(O)C1O. The van der Waals surface area contributed by atoms with Gasteiger partial charge < -0.3 is 34.7 Å². The topological polar surface area (TPSA) is 119 Å². The van der Waals surface area contributed by atoms with Crippen molar-refractivity contribution in [1.29, 1.82) is 0 Å². The third kappa shape index (κ3) is 6.73. The van der Waals surface area contributed by atoms with E-state index in [2.05, 4.69) is 6.92 Å². The van der Waals surface area contributed by atoms with Gasteiger partial charge in [0.1, 0.15) is 24.4 Å². The highest BCUT2D eigenvalue weighted by Gasteiger charge is 2.46. The molecule has 1 rings (SSSR count). The molecule has 1 saturated heterocycles. The van der Waals surface area contributed by atoms with Gasteiger partial charge in [-0.05, 0) is 6.42 Å². The molecule has 1 aliphatic heterocycles. The highest BCUT2D eigenvalue weighted by atomic mass is 16.7. The summed E-state index contributed by atoms with van der Waals surface area (Å²) in [5.74, 6) is -1.76. The van der Waals surface area contributed by atoms with Crippen molar-refractivity contribution < 1.29 is 34.7 Å². The maximum atomic E-state index is 10.6. The lowest BCUT2D eigenvalue weighted by Crippen LogP contribution is -2.48. The summed E-state index contributed by atoms with van der Waals surface area (Å²) in [5, 5.41) is 39.4. The van der Waals surface area contributed by atoms with E-state index in [1.807, 2.05) is 0 Å². The molecule has 0 saturated carbocycles. The van der Waals surface area contributed by atoms with Crippen LogP contribution in [0.2, 0.25) is 0 Å². The van der Waals surface area contributed by atoms with Gasteiger partial charge in [-0.15, -0.1) is 0 Å². The number of rotatable bonds is 12. The number of aliphatic carboxylic acids is 1. The van der Waals surface area contributed by atoms with Crippen LogP contribution in [0.15, 0.2) is 0 Å². The molecule has 0 aromatic carbocycles. The number of carbonyl (C=O) groups is 1. The van der Waals surface area contributed by atoms with Crippen molar-refractivity contribution in [2.24, 2.45) is 0 Å². The van der Waals surface area contributed by atoms with Crippen LogP contribution < -0.4 is 5.11 Å². The summed E-state index contributed by atoms with van der Waals surface area (Å²) in [5.41, 5.74) is 0. The second-order valence-electron chi connectivity index (χ2n) is 6.06.